The Morgan fingerprint density at radius 3 is 2.65 bits per heavy atom. The molecule has 2 fully saturated rings. The van der Waals surface area contributed by atoms with Crippen LogP contribution in [0.2, 0.25) is 0 Å². The van der Waals surface area contributed by atoms with Crippen LogP contribution in [-0.4, -0.2) is 74.8 Å². The van der Waals surface area contributed by atoms with E-state index in [1.165, 1.54) is 0 Å². The molecule has 0 amide bonds. The number of alkyl halides is 1. The van der Waals surface area contributed by atoms with Crippen LogP contribution < -0.4 is 4.74 Å². The number of hydrogen-bond acceptors (Lipinski definition) is 6. The van der Waals surface area contributed by atoms with Crippen LogP contribution in [0.4, 0.5) is 0 Å². The van der Waals surface area contributed by atoms with E-state index in [1.54, 1.807) is 33.5 Å². The fourth-order valence-electron chi connectivity index (χ4n) is 7.66. The topological polar surface area (TPSA) is 68.2 Å². The van der Waals surface area contributed by atoms with E-state index in [9.17, 15) is 9.90 Å². The van der Waals surface area contributed by atoms with E-state index in [2.05, 4.69) is 17.9 Å². The van der Waals surface area contributed by atoms with Gasteiger partial charge in [0.2, 0.25) is 0 Å². The third kappa shape index (κ3) is 2.37. The van der Waals surface area contributed by atoms with Gasteiger partial charge in [0.15, 0.2) is 17.3 Å². The fourth-order valence-corrected chi connectivity index (χ4v) is 8.10. The van der Waals surface area contributed by atoms with Crippen molar-refractivity contribution in [2.75, 3.05) is 46.9 Å². The summed E-state index contributed by atoms with van der Waals surface area (Å²) in [6, 6.07) is 3.90. The predicted octanol–water partition coefficient (Wildman–Crippen LogP) is 2.93. The van der Waals surface area contributed by atoms with Crippen LogP contribution in [0, 0.1) is 16.7 Å². The van der Waals surface area contributed by atoms with Crippen molar-refractivity contribution >= 4 is 17.4 Å². The van der Waals surface area contributed by atoms with Gasteiger partial charge in [0.1, 0.15) is 0 Å². The van der Waals surface area contributed by atoms with Gasteiger partial charge in [-0.05, 0) is 35.9 Å². The van der Waals surface area contributed by atoms with Crippen LogP contribution in [0.25, 0.3) is 0 Å². The molecule has 1 saturated heterocycles. The zero-order valence-corrected chi connectivity index (χ0v) is 19.2. The molecule has 1 saturated carbocycles. The first kappa shape index (κ1) is 21.3. The number of rotatable bonds is 6. The summed E-state index contributed by atoms with van der Waals surface area (Å²) in [5.74, 6) is 0.950. The number of nitrogens with zero attached hydrogens (tertiary/aromatic N) is 1. The molecule has 1 heterocycles. The van der Waals surface area contributed by atoms with Gasteiger partial charge in [-0.2, -0.15) is 0 Å². The number of fused-ring (bicyclic) bond motifs is 2. The summed E-state index contributed by atoms with van der Waals surface area (Å²) in [6.45, 7) is 3.95. The molecule has 6 nitrogen and oxygen atoms in total. The van der Waals surface area contributed by atoms with Gasteiger partial charge in [-0.3, -0.25) is 9.69 Å². The van der Waals surface area contributed by atoms with E-state index in [4.69, 9.17) is 25.8 Å². The second kappa shape index (κ2) is 7.20. The minimum absolute atomic E-state index is 0.0354. The van der Waals surface area contributed by atoms with Gasteiger partial charge < -0.3 is 19.3 Å². The summed E-state index contributed by atoms with van der Waals surface area (Å²) < 4.78 is 17.4. The highest BCUT2D eigenvalue weighted by Gasteiger charge is 2.77. The molecule has 1 aromatic rings. The number of ether oxygens (including phenoxy) is 3. The number of piperidine rings is 1. The minimum atomic E-state index is -0.691. The summed E-state index contributed by atoms with van der Waals surface area (Å²) in [5, 5.41) is 10.6. The lowest BCUT2D eigenvalue weighted by molar-refractivity contribution is -0.159. The number of carbonyl (C=O) groups excluding carboxylic acids is 1. The number of carbonyl (C=O) groups is 1. The van der Waals surface area contributed by atoms with Crippen molar-refractivity contribution in [1.29, 1.82) is 0 Å². The molecule has 4 aliphatic rings. The maximum absolute atomic E-state index is 13.5. The number of aromatic hydroxyl groups is 1. The first-order chi connectivity index (χ1) is 14.9. The maximum Gasteiger partial charge on any atom is 0.165 e. The smallest absolute Gasteiger partial charge is 0.165 e. The number of likely N-dealkylation sites (N-methyl/N-ethyl adjacent to an activating group) is 1. The molecule has 1 N–H and O–H groups in total. The van der Waals surface area contributed by atoms with Gasteiger partial charge in [-0.25, -0.2) is 0 Å². The molecule has 3 aliphatic carbocycles. The molecule has 5 bridgehead atoms. The Kier molecular flexibility index (Phi) is 4.94. The number of phenolic OH excluding ortho intramolecular Hbond substituents is 1. The van der Waals surface area contributed by atoms with Crippen molar-refractivity contribution in [2.24, 2.45) is 16.7 Å². The molecule has 0 radical (unpaired) electrons. The summed E-state index contributed by atoms with van der Waals surface area (Å²) in [5.41, 5.74) is 1.07. The number of allylic oxidation sites excluding steroid dienone is 1. The standard InChI is InChI=1S/C24H30ClNO5/c1-5-26-11-23(12-29-2)18(28)6-7-24-15(10-25)13-8-16(27)17(30-3)9-14(13)19(22(24)26)20(31-4)21(23)24/h6-9,15,19-22,27H,5,10-12H2,1-4H3/t15-,19+,20+,21-,22-,23+,24-/m1/s1. The number of ketones is 1. The predicted molar refractivity (Wildman–Crippen MR) is 117 cm³/mol. The Morgan fingerprint density at radius 2 is 2.03 bits per heavy atom. The van der Waals surface area contributed by atoms with E-state index < -0.39 is 5.41 Å². The Labute approximate surface area is 188 Å². The number of likely N-dealkylation sites (tertiary alicyclic amines) is 1. The Hall–Kier alpha value is -1.60. The maximum atomic E-state index is 13.5. The Balaban J connectivity index is 1.85. The van der Waals surface area contributed by atoms with Crippen molar-refractivity contribution in [1.82, 2.24) is 4.90 Å². The van der Waals surface area contributed by atoms with Crippen LogP contribution in [-0.2, 0) is 14.3 Å². The van der Waals surface area contributed by atoms with Crippen LogP contribution in [0.1, 0.15) is 29.9 Å². The van der Waals surface area contributed by atoms with E-state index in [-0.39, 0.29) is 46.8 Å². The molecule has 7 heteroatoms. The highest BCUT2D eigenvalue weighted by Crippen LogP contribution is 2.73. The number of halogens is 1. The number of benzene rings is 1. The summed E-state index contributed by atoms with van der Waals surface area (Å²) >= 11 is 6.70. The second-order valence-electron chi connectivity index (χ2n) is 9.36. The van der Waals surface area contributed by atoms with E-state index in [0.29, 0.717) is 24.8 Å². The lowest BCUT2D eigenvalue weighted by Crippen LogP contribution is -2.68. The van der Waals surface area contributed by atoms with E-state index >= 15 is 0 Å². The average molecular weight is 448 g/mol. The van der Waals surface area contributed by atoms with Gasteiger partial charge >= 0.3 is 0 Å². The first-order valence-electron chi connectivity index (χ1n) is 10.9. The summed E-state index contributed by atoms with van der Waals surface area (Å²) in [4.78, 5) is 15.9. The highest BCUT2D eigenvalue weighted by molar-refractivity contribution is 6.18. The third-order valence-electron chi connectivity index (χ3n) is 8.52. The Bertz CT molecular complexity index is 950. The van der Waals surface area contributed by atoms with Gasteiger partial charge in [0.25, 0.3) is 0 Å². The number of methoxy groups -OCH3 is 3. The van der Waals surface area contributed by atoms with Crippen molar-refractivity contribution in [3.63, 3.8) is 0 Å². The molecule has 31 heavy (non-hydrogen) atoms. The zero-order chi connectivity index (χ0) is 22.1. The average Bonchev–Trinajstić information content (AvgIpc) is 2.92. The lowest BCUT2D eigenvalue weighted by atomic mass is 9.49. The number of hydrogen-bond donors (Lipinski definition) is 1. The van der Waals surface area contributed by atoms with E-state index in [1.807, 2.05) is 6.07 Å². The molecular weight excluding hydrogens is 418 g/mol. The number of phenols is 1. The molecular formula is C24H30ClNO5. The Morgan fingerprint density at radius 1 is 1.26 bits per heavy atom. The molecule has 1 aromatic carbocycles. The van der Waals surface area contributed by atoms with Crippen molar-refractivity contribution in [3.8, 4) is 11.5 Å². The highest BCUT2D eigenvalue weighted by atomic mass is 35.5. The first-order valence-corrected chi connectivity index (χ1v) is 11.4. The van der Waals surface area contributed by atoms with Crippen LogP contribution >= 0.6 is 11.6 Å². The third-order valence-corrected chi connectivity index (χ3v) is 8.83. The molecule has 7 atom stereocenters. The zero-order valence-electron chi connectivity index (χ0n) is 18.4. The van der Waals surface area contributed by atoms with Gasteiger partial charge in [-0.1, -0.05) is 13.0 Å². The molecule has 168 valence electrons. The van der Waals surface area contributed by atoms with Crippen molar-refractivity contribution in [2.45, 2.75) is 30.9 Å². The monoisotopic (exact) mass is 447 g/mol. The summed E-state index contributed by atoms with van der Waals surface area (Å²) in [7, 11) is 4.96. The molecule has 0 unspecified atom stereocenters. The van der Waals surface area contributed by atoms with Crippen LogP contribution in [0.3, 0.4) is 0 Å². The normalized spacial score (nSPS) is 40.2. The SMILES string of the molecule is CCN1C[C@]2(COC)C(=O)C=C[C@@]34[C@H](CCl)c5cc(O)c(OC)cc5[C@@H]([C@H](OC)[C@H]23)[C@@H]14. The van der Waals surface area contributed by atoms with Crippen molar-refractivity contribution in [3.05, 3.63) is 35.4 Å². The van der Waals surface area contributed by atoms with Crippen LogP contribution in [0.5, 0.6) is 11.5 Å². The fraction of sp³-hybridized carbons (Fsp3) is 0.625. The van der Waals surface area contributed by atoms with Gasteiger partial charge in [0.05, 0.1) is 25.2 Å². The summed E-state index contributed by atoms with van der Waals surface area (Å²) in [6.07, 6.45) is 3.70. The van der Waals surface area contributed by atoms with Crippen molar-refractivity contribution < 1.29 is 24.1 Å². The molecule has 1 aliphatic heterocycles. The van der Waals surface area contributed by atoms with Crippen LogP contribution in [0.15, 0.2) is 24.3 Å². The van der Waals surface area contributed by atoms with Gasteiger partial charge in [-0.15, -0.1) is 11.6 Å². The largest absolute Gasteiger partial charge is 0.504 e. The minimum Gasteiger partial charge on any atom is -0.504 e. The molecule has 0 aromatic heterocycles. The quantitative estimate of drug-likeness (QED) is 0.676. The van der Waals surface area contributed by atoms with E-state index in [0.717, 1.165) is 17.7 Å². The molecule has 1 spiro atoms. The lowest BCUT2D eigenvalue weighted by Gasteiger charge is -2.61. The molecule has 5 rings (SSSR count). The van der Waals surface area contributed by atoms with Gasteiger partial charge in [0, 0.05) is 55.9 Å². The second-order valence-corrected chi connectivity index (χ2v) is 9.67.